The van der Waals surface area contributed by atoms with Gasteiger partial charge in [-0.2, -0.15) is 0 Å². The monoisotopic (exact) mass is 192 g/mol. The van der Waals surface area contributed by atoms with Gasteiger partial charge in [0.05, 0.1) is 0 Å². The van der Waals surface area contributed by atoms with E-state index < -0.39 is 0 Å². The van der Waals surface area contributed by atoms with E-state index in [0.29, 0.717) is 15.9 Å². The molecule has 1 atom stereocenters. The SMILES string of the molecule is CC(OC=O)c1nnc(Cl)s1. The molecule has 1 unspecified atom stereocenters. The Morgan fingerprint density at radius 3 is 2.91 bits per heavy atom. The van der Waals surface area contributed by atoms with E-state index in [1.54, 1.807) is 6.92 Å². The van der Waals surface area contributed by atoms with Gasteiger partial charge in [0.15, 0.2) is 11.1 Å². The van der Waals surface area contributed by atoms with Crippen LogP contribution in [0.1, 0.15) is 18.0 Å². The summed E-state index contributed by atoms with van der Waals surface area (Å²) < 4.78 is 4.96. The first-order valence-corrected chi connectivity index (χ1v) is 4.01. The fraction of sp³-hybridized carbons (Fsp3) is 0.400. The molecule has 1 aromatic rings. The molecule has 0 fully saturated rings. The topological polar surface area (TPSA) is 52.1 Å². The third kappa shape index (κ3) is 2.13. The van der Waals surface area contributed by atoms with Gasteiger partial charge in [-0.05, 0) is 18.5 Å². The van der Waals surface area contributed by atoms with Crippen molar-refractivity contribution in [2.24, 2.45) is 0 Å². The molecule has 0 N–H and O–H groups in total. The maximum Gasteiger partial charge on any atom is 0.293 e. The van der Waals surface area contributed by atoms with E-state index in [2.05, 4.69) is 14.9 Å². The van der Waals surface area contributed by atoms with E-state index >= 15 is 0 Å². The number of halogens is 1. The third-order valence-electron chi connectivity index (χ3n) is 1.02. The largest absolute Gasteiger partial charge is 0.457 e. The normalized spacial score (nSPS) is 12.5. The second kappa shape index (κ2) is 3.64. The Labute approximate surface area is 72.2 Å². The Bertz CT molecular complexity index is 252. The van der Waals surface area contributed by atoms with Crippen molar-refractivity contribution in [2.45, 2.75) is 13.0 Å². The summed E-state index contributed by atoms with van der Waals surface area (Å²) >= 11 is 6.70. The molecule has 0 aliphatic carbocycles. The van der Waals surface area contributed by atoms with E-state index in [4.69, 9.17) is 11.6 Å². The molecule has 0 bridgehead atoms. The van der Waals surface area contributed by atoms with Crippen LogP contribution >= 0.6 is 22.9 Å². The van der Waals surface area contributed by atoms with Gasteiger partial charge in [-0.3, -0.25) is 4.79 Å². The number of carbonyl (C=O) groups is 1. The molecular formula is C5H5ClN2O2S. The molecule has 0 spiro atoms. The Kier molecular flexibility index (Phi) is 2.78. The van der Waals surface area contributed by atoms with Crippen molar-refractivity contribution in [1.82, 2.24) is 10.2 Å². The molecule has 0 aliphatic rings. The smallest absolute Gasteiger partial charge is 0.293 e. The summed E-state index contributed by atoms with van der Waals surface area (Å²) in [6.07, 6.45) is -0.363. The lowest BCUT2D eigenvalue weighted by atomic mass is 10.4. The average molecular weight is 193 g/mol. The zero-order valence-corrected chi connectivity index (χ0v) is 7.22. The molecule has 0 aromatic carbocycles. The van der Waals surface area contributed by atoms with Crippen LogP contribution in [0.4, 0.5) is 0 Å². The Morgan fingerprint density at radius 2 is 2.45 bits per heavy atom. The van der Waals surface area contributed by atoms with Gasteiger partial charge < -0.3 is 4.74 Å². The highest BCUT2D eigenvalue weighted by atomic mass is 35.5. The van der Waals surface area contributed by atoms with E-state index in [-0.39, 0.29) is 6.10 Å². The molecule has 60 valence electrons. The first kappa shape index (κ1) is 8.42. The molecule has 0 saturated carbocycles. The highest BCUT2D eigenvalue weighted by Crippen LogP contribution is 2.22. The maximum atomic E-state index is 9.90. The molecule has 1 aromatic heterocycles. The summed E-state index contributed by atoms with van der Waals surface area (Å²) in [5.74, 6) is 0. The van der Waals surface area contributed by atoms with E-state index in [9.17, 15) is 4.79 Å². The lowest BCUT2D eigenvalue weighted by Gasteiger charge is -2.02. The summed E-state index contributed by atoms with van der Waals surface area (Å²) in [6.45, 7) is 2.07. The van der Waals surface area contributed by atoms with E-state index in [1.165, 1.54) is 11.3 Å². The number of nitrogens with zero attached hydrogens (tertiary/aromatic N) is 2. The van der Waals surface area contributed by atoms with Crippen LogP contribution in [0, 0.1) is 0 Å². The minimum atomic E-state index is -0.363. The van der Waals surface area contributed by atoms with Gasteiger partial charge in [0.1, 0.15) is 0 Å². The van der Waals surface area contributed by atoms with Crippen LogP contribution in [0.2, 0.25) is 4.47 Å². The summed E-state index contributed by atoms with van der Waals surface area (Å²) in [4.78, 5) is 9.90. The van der Waals surface area contributed by atoms with Gasteiger partial charge in [-0.15, -0.1) is 10.2 Å². The standard InChI is InChI=1S/C5H5ClN2O2S/c1-3(10-2-9)4-7-8-5(6)11-4/h2-3H,1H3. The molecule has 0 radical (unpaired) electrons. The summed E-state index contributed by atoms with van der Waals surface area (Å²) in [5, 5.41) is 7.84. The fourth-order valence-corrected chi connectivity index (χ4v) is 1.35. The quantitative estimate of drug-likeness (QED) is 0.680. The molecule has 1 heterocycles. The van der Waals surface area contributed by atoms with Crippen molar-refractivity contribution >= 4 is 29.4 Å². The van der Waals surface area contributed by atoms with Crippen LogP contribution < -0.4 is 0 Å². The zero-order chi connectivity index (χ0) is 8.27. The van der Waals surface area contributed by atoms with Crippen LogP contribution in [0.5, 0.6) is 0 Å². The molecule has 11 heavy (non-hydrogen) atoms. The fourth-order valence-electron chi connectivity index (χ4n) is 0.522. The number of aromatic nitrogens is 2. The lowest BCUT2D eigenvalue weighted by Crippen LogP contribution is -1.96. The minimum absolute atomic E-state index is 0.348. The lowest BCUT2D eigenvalue weighted by molar-refractivity contribution is -0.133. The molecular weight excluding hydrogens is 188 g/mol. The highest BCUT2D eigenvalue weighted by Gasteiger charge is 2.10. The number of rotatable bonds is 3. The van der Waals surface area contributed by atoms with Crippen LogP contribution in [0.15, 0.2) is 0 Å². The first-order valence-electron chi connectivity index (χ1n) is 2.82. The van der Waals surface area contributed by atoms with Crippen molar-refractivity contribution in [3.05, 3.63) is 9.47 Å². The van der Waals surface area contributed by atoms with Crippen molar-refractivity contribution in [1.29, 1.82) is 0 Å². The van der Waals surface area contributed by atoms with Crippen LogP contribution in [0.25, 0.3) is 0 Å². The van der Waals surface area contributed by atoms with E-state index in [0.717, 1.165) is 0 Å². The highest BCUT2D eigenvalue weighted by molar-refractivity contribution is 7.15. The van der Waals surface area contributed by atoms with Gasteiger partial charge in [0.2, 0.25) is 4.47 Å². The van der Waals surface area contributed by atoms with Crippen LogP contribution in [-0.4, -0.2) is 16.7 Å². The summed E-state index contributed by atoms with van der Waals surface area (Å²) in [6, 6.07) is 0. The summed E-state index contributed by atoms with van der Waals surface area (Å²) in [7, 11) is 0. The van der Waals surface area contributed by atoms with Gasteiger partial charge in [0, 0.05) is 0 Å². The maximum absolute atomic E-state index is 9.90. The van der Waals surface area contributed by atoms with Crippen LogP contribution in [-0.2, 0) is 9.53 Å². The third-order valence-corrected chi connectivity index (χ3v) is 2.20. The Morgan fingerprint density at radius 1 is 1.73 bits per heavy atom. The van der Waals surface area contributed by atoms with Gasteiger partial charge >= 0.3 is 0 Å². The second-order valence-corrected chi connectivity index (χ2v) is 3.36. The number of hydrogen-bond donors (Lipinski definition) is 0. The van der Waals surface area contributed by atoms with Crippen molar-refractivity contribution in [2.75, 3.05) is 0 Å². The first-order chi connectivity index (χ1) is 5.24. The van der Waals surface area contributed by atoms with Crippen molar-refractivity contribution in [3.8, 4) is 0 Å². The zero-order valence-electron chi connectivity index (χ0n) is 5.65. The number of ether oxygens (including phenoxy) is 1. The molecule has 0 amide bonds. The van der Waals surface area contributed by atoms with Crippen molar-refractivity contribution in [3.63, 3.8) is 0 Å². The molecule has 4 nitrogen and oxygen atoms in total. The average Bonchev–Trinajstić information content (AvgIpc) is 2.36. The number of hydrogen-bond acceptors (Lipinski definition) is 5. The van der Waals surface area contributed by atoms with Crippen LogP contribution in [0.3, 0.4) is 0 Å². The Hall–Kier alpha value is -0.680. The van der Waals surface area contributed by atoms with E-state index in [1.807, 2.05) is 0 Å². The predicted molar refractivity (Wildman–Crippen MR) is 40.5 cm³/mol. The van der Waals surface area contributed by atoms with Gasteiger partial charge in [-0.25, -0.2) is 0 Å². The number of carbonyl (C=O) groups excluding carboxylic acids is 1. The van der Waals surface area contributed by atoms with Gasteiger partial charge in [-0.1, -0.05) is 11.3 Å². The minimum Gasteiger partial charge on any atom is -0.457 e. The Balaban J connectivity index is 2.67. The molecule has 0 aliphatic heterocycles. The molecule has 0 saturated heterocycles. The van der Waals surface area contributed by atoms with Crippen molar-refractivity contribution < 1.29 is 9.53 Å². The second-order valence-electron chi connectivity index (χ2n) is 1.77. The van der Waals surface area contributed by atoms with Gasteiger partial charge in [0.25, 0.3) is 6.47 Å². The predicted octanol–water partition coefficient (Wildman–Crippen LogP) is 1.43. The molecule has 6 heteroatoms. The molecule has 1 rings (SSSR count). The summed E-state index contributed by atoms with van der Waals surface area (Å²) in [5.41, 5.74) is 0.